The van der Waals surface area contributed by atoms with Crippen LogP contribution in [-0.2, 0) is 29.0 Å². The molecule has 2 fully saturated rings. The number of carbonyl (C=O) groups is 3. The Morgan fingerprint density at radius 2 is 1.94 bits per heavy atom. The third-order valence-electron chi connectivity index (χ3n) is 7.06. The second kappa shape index (κ2) is 9.55. The smallest absolute Gasteiger partial charge is 0.323 e. The highest BCUT2D eigenvalue weighted by Crippen LogP contribution is 2.48. The molecule has 1 saturated heterocycles. The molecule has 2 aliphatic rings. The topological polar surface area (TPSA) is 109 Å². The number of aromatic nitrogens is 1. The van der Waals surface area contributed by atoms with Crippen LogP contribution in [0.4, 0.5) is 9.28 Å². The molecule has 1 aromatic heterocycles. The molecule has 0 unspecified atom stereocenters. The number of aliphatic hydroxyl groups excluding tert-OH is 1. The Hall–Kier alpha value is -3.43. The normalized spacial score (nSPS) is 20.4. The van der Waals surface area contributed by atoms with Crippen molar-refractivity contribution < 1.29 is 24.0 Å². The fraction of sp³-hybridized carbons (Fsp3) is 0.346. The van der Waals surface area contributed by atoms with Crippen molar-refractivity contribution in [3.05, 3.63) is 70.4 Å². The number of aliphatic hydroxyl groups is 1. The molecule has 0 bridgehead atoms. The zero-order valence-corrected chi connectivity index (χ0v) is 20.2. The van der Waals surface area contributed by atoms with Crippen LogP contribution >= 0.6 is 11.6 Å². The van der Waals surface area contributed by atoms with Crippen molar-refractivity contribution >= 4 is 40.3 Å². The number of likely N-dealkylation sites (tertiary alicyclic amines) is 1. The Morgan fingerprint density at radius 3 is 2.67 bits per heavy atom. The van der Waals surface area contributed by atoms with Crippen molar-refractivity contribution in [1.29, 1.82) is 0 Å². The van der Waals surface area contributed by atoms with E-state index in [2.05, 4.69) is 0 Å². The average Bonchev–Trinajstić information content (AvgIpc) is 3.35. The Kier molecular flexibility index (Phi) is 6.44. The molecule has 0 spiro atoms. The third kappa shape index (κ3) is 4.56. The fourth-order valence-electron chi connectivity index (χ4n) is 5.28. The third-order valence-corrected chi connectivity index (χ3v) is 7.29. The maximum Gasteiger partial charge on any atom is 0.323 e. The molecule has 8 nitrogen and oxygen atoms in total. The number of carbonyl (C=O) groups excluding carboxylic acids is 3. The lowest BCUT2D eigenvalue weighted by atomic mass is 10.1. The summed E-state index contributed by atoms with van der Waals surface area (Å²) in [5, 5.41) is 10.5. The molecular formula is C26H26ClFN4O4. The summed E-state index contributed by atoms with van der Waals surface area (Å²) in [6, 6.07) is 10.4. The summed E-state index contributed by atoms with van der Waals surface area (Å²) in [7, 11) is 0. The Balaban J connectivity index is 1.36. The highest BCUT2D eigenvalue weighted by molar-refractivity contribution is 6.30. The van der Waals surface area contributed by atoms with Gasteiger partial charge in [-0.05, 0) is 60.1 Å². The Labute approximate surface area is 211 Å². The minimum absolute atomic E-state index is 0.0377. The molecule has 1 saturated carbocycles. The van der Waals surface area contributed by atoms with Gasteiger partial charge in [0, 0.05) is 29.3 Å². The van der Waals surface area contributed by atoms with Crippen LogP contribution in [0.5, 0.6) is 0 Å². The zero-order valence-electron chi connectivity index (χ0n) is 19.4. The number of nitrogens with two attached hydrogens (primary N) is 1. The van der Waals surface area contributed by atoms with Gasteiger partial charge >= 0.3 is 6.03 Å². The molecular weight excluding hydrogens is 487 g/mol. The summed E-state index contributed by atoms with van der Waals surface area (Å²) in [5.74, 6) is -0.850. The van der Waals surface area contributed by atoms with Crippen LogP contribution in [0, 0.1) is 5.92 Å². The van der Waals surface area contributed by atoms with Crippen LogP contribution in [-0.4, -0.2) is 56.2 Å². The van der Waals surface area contributed by atoms with Gasteiger partial charge in [0.1, 0.15) is 6.04 Å². The fourth-order valence-corrected chi connectivity index (χ4v) is 5.49. The second-order valence-corrected chi connectivity index (χ2v) is 9.90. The molecule has 1 aliphatic carbocycles. The van der Waals surface area contributed by atoms with Crippen LogP contribution in [0.25, 0.3) is 10.9 Å². The summed E-state index contributed by atoms with van der Waals surface area (Å²) in [6.07, 6.45) is 3.13. The number of amides is 3. The van der Waals surface area contributed by atoms with Crippen LogP contribution in [0.2, 0.25) is 5.02 Å². The minimum atomic E-state index is -0.869. The molecule has 188 valence electrons. The molecule has 0 radical (unpaired) electrons. The van der Waals surface area contributed by atoms with Crippen molar-refractivity contribution in [3.63, 3.8) is 0 Å². The molecule has 2 heterocycles. The molecule has 3 N–H and O–H groups in total. The molecule has 2 aromatic carbocycles. The first-order chi connectivity index (χ1) is 17.3. The lowest BCUT2D eigenvalue weighted by molar-refractivity contribution is -0.157. The van der Waals surface area contributed by atoms with E-state index >= 15 is 0 Å². The van der Waals surface area contributed by atoms with Gasteiger partial charge in [0.05, 0.1) is 18.5 Å². The molecule has 3 amide bonds. The number of nitrogens with zero attached hydrogens (tertiary/aromatic N) is 3. The summed E-state index contributed by atoms with van der Waals surface area (Å²) >= 11 is 5.97. The van der Waals surface area contributed by atoms with Crippen LogP contribution < -0.4 is 5.73 Å². The summed E-state index contributed by atoms with van der Waals surface area (Å²) in [6.45, 7) is -0.292. The van der Waals surface area contributed by atoms with Crippen LogP contribution in [0.15, 0.2) is 48.7 Å². The first-order valence-electron chi connectivity index (χ1n) is 11.8. The van der Waals surface area contributed by atoms with Crippen molar-refractivity contribution in [3.8, 4) is 0 Å². The summed E-state index contributed by atoms with van der Waals surface area (Å²) in [5.41, 5.74) is 8.07. The van der Waals surface area contributed by atoms with Gasteiger partial charge in [0.25, 0.3) is 5.91 Å². The van der Waals surface area contributed by atoms with E-state index in [-0.39, 0.29) is 42.6 Å². The molecule has 1 aliphatic heterocycles. The number of benzene rings is 2. The van der Waals surface area contributed by atoms with E-state index in [4.69, 9.17) is 17.3 Å². The van der Waals surface area contributed by atoms with Gasteiger partial charge < -0.3 is 15.7 Å². The Bertz CT molecular complexity index is 1360. The molecule has 10 heteroatoms. The quantitative estimate of drug-likeness (QED) is 0.474. The number of hydrogen-bond donors (Lipinski definition) is 2. The maximum absolute atomic E-state index is 14.9. The number of primary amides is 1. The van der Waals surface area contributed by atoms with E-state index in [0.717, 1.165) is 12.0 Å². The monoisotopic (exact) mass is 512 g/mol. The van der Waals surface area contributed by atoms with E-state index in [1.807, 2.05) is 6.07 Å². The van der Waals surface area contributed by atoms with Crippen molar-refractivity contribution in [1.82, 2.24) is 14.6 Å². The second-order valence-electron chi connectivity index (χ2n) is 9.47. The van der Waals surface area contributed by atoms with Gasteiger partial charge in [-0.2, -0.15) is 5.12 Å². The van der Waals surface area contributed by atoms with Crippen molar-refractivity contribution in [2.45, 2.75) is 44.3 Å². The minimum Gasteiger partial charge on any atom is -0.396 e. The highest BCUT2D eigenvalue weighted by Gasteiger charge is 2.56. The predicted molar refractivity (Wildman–Crippen MR) is 132 cm³/mol. The summed E-state index contributed by atoms with van der Waals surface area (Å²) < 4.78 is 16.2. The highest BCUT2D eigenvalue weighted by atomic mass is 35.5. The number of halogens is 2. The predicted octanol–water partition coefficient (Wildman–Crippen LogP) is 3.20. The molecule has 3 aromatic rings. The largest absolute Gasteiger partial charge is 0.396 e. The number of fused-ring (bicyclic) bond motifs is 2. The van der Waals surface area contributed by atoms with Gasteiger partial charge in [-0.1, -0.05) is 40.3 Å². The standard InChI is InChI=1S/C26H26ClFN4O4/c27-19-3-1-2-16(8-19)13-31(28)25(35)23-11-17-10-21(17)32(23)24(34)12-18-14-30(26(29)36)22-9-15(6-7-33)4-5-20(18)22/h1-5,8-9,14,17,21,23,33H,6-7,10-13H2,(H2,29,36)/t17-,21-,23+/m1/s1. The van der Waals surface area contributed by atoms with E-state index in [9.17, 15) is 24.0 Å². The van der Waals surface area contributed by atoms with E-state index in [1.165, 1.54) is 15.7 Å². The maximum atomic E-state index is 14.9. The van der Waals surface area contributed by atoms with Crippen LogP contribution in [0.1, 0.15) is 29.5 Å². The molecule has 3 atom stereocenters. The van der Waals surface area contributed by atoms with Gasteiger partial charge in [-0.3, -0.25) is 14.2 Å². The van der Waals surface area contributed by atoms with Gasteiger partial charge in [0.15, 0.2) is 0 Å². The summed E-state index contributed by atoms with van der Waals surface area (Å²) in [4.78, 5) is 40.0. The number of rotatable bonds is 7. The van der Waals surface area contributed by atoms with Crippen molar-refractivity contribution in [2.24, 2.45) is 11.7 Å². The molecule has 36 heavy (non-hydrogen) atoms. The van der Waals surface area contributed by atoms with Gasteiger partial charge in [-0.25, -0.2) is 4.79 Å². The van der Waals surface area contributed by atoms with Crippen molar-refractivity contribution in [2.75, 3.05) is 6.61 Å². The molecule has 5 rings (SSSR count). The lowest BCUT2D eigenvalue weighted by Crippen LogP contribution is -2.47. The Morgan fingerprint density at radius 1 is 1.14 bits per heavy atom. The van der Waals surface area contributed by atoms with Gasteiger partial charge in [-0.15, -0.1) is 0 Å². The van der Waals surface area contributed by atoms with E-state index in [1.54, 1.807) is 36.4 Å². The van der Waals surface area contributed by atoms with Gasteiger partial charge in [0.2, 0.25) is 5.91 Å². The van der Waals surface area contributed by atoms with E-state index in [0.29, 0.717) is 39.9 Å². The first kappa shape index (κ1) is 24.3. The van der Waals surface area contributed by atoms with E-state index < -0.39 is 18.0 Å². The number of piperidine rings is 1. The first-order valence-corrected chi connectivity index (χ1v) is 12.2. The SMILES string of the molecule is NC(=O)n1cc(CC(=O)N2[C@@H]3C[C@@H]3C[C@H]2C(=O)N(F)Cc2cccc(Cl)c2)c2ccc(CCO)cc21. The lowest BCUT2D eigenvalue weighted by Gasteiger charge is -2.28. The average molecular weight is 513 g/mol. The van der Waals surface area contributed by atoms with Crippen LogP contribution in [0.3, 0.4) is 0 Å². The zero-order chi connectivity index (χ0) is 25.6. The number of hydrogen-bond acceptors (Lipinski definition) is 4.